The second-order valence-corrected chi connectivity index (χ2v) is 8.95. The van der Waals surface area contributed by atoms with Gasteiger partial charge in [-0.3, -0.25) is 0 Å². The molecule has 2 heterocycles. The number of alkyl halides is 3. The Morgan fingerprint density at radius 3 is 2.84 bits per heavy atom. The van der Waals surface area contributed by atoms with Gasteiger partial charge in [-0.2, -0.15) is 13.2 Å². The fourth-order valence-corrected chi connectivity index (χ4v) is 5.31. The molecule has 176 valence electrons. The zero-order valence-electron chi connectivity index (χ0n) is 17.8. The molecule has 6 nitrogen and oxygen atoms in total. The summed E-state index contributed by atoms with van der Waals surface area (Å²) in [7, 11) is 2.06. The summed E-state index contributed by atoms with van der Waals surface area (Å²) in [5.41, 5.74) is 5.74. The van der Waals surface area contributed by atoms with Gasteiger partial charge in [0.2, 0.25) is 0 Å². The second kappa shape index (κ2) is 10.7. The molecule has 3 atom stereocenters. The zero-order valence-corrected chi connectivity index (χ0v) is 18.6. The van der Waals surface area contributed by atoms with Crippen LogP contribution in [-0.2, 0) is 4.74 Å². The van der Waals surface area contributed by atoms with Gasteiger partial charge in [0.05, 0.1) is 28.5 Å². The molecule has 32 heavy (non-hydrogen) atoms. The number of nitrogens with zero attached hydrogens (tertiary/aromatic N) is 1. The number of thiophene rings is 1. The highest BCUT2D eigenvalue weighted by atomic mass is 32.1. The van der Waals surface area contributed by atoms with Crippen LogP contribution in [0.5, 0.6) is 0 Å². The number of nitrogens with one attached hydrogen (secondary N) is 1. The lowest BCUT2D eigenvalue weighted by Gasteiger charge is -2.38. The number of piperidine rings is 1. The number of hydrogen-bond donors (Lipinski definition) is 4. The summed E-state index contributed by atoms with van der Waals surface area (Å²) in [6.07, 6.45) is -5.78. The number of aliphatic hydroxyl groups excluding tert-OH is 2. The monoisotopic (exact) mass is 471 g/mol. The summed E-state index contributed by atoms with van der Waals surface area (Å²) in [5.74, 6) is 2.79. The Bertz CT molecular complexity index is 970. The van der Waals surface area contributed by atoms with E-state index in [2.05, 4.69) is 29.2 Å². The normalized spacial score (nSPS) is 20.7. The van der Waals surface area contributed by atoms with Crippen molar-refractivity contribution in [3.05, 3.63) is 28.6 Å². The first-order valence-corrected chi connectivity index (χ1v) is 11.2. The highest BCUT2D eigenvalue weighted by molar-refractivity contribution is 7.20. The Labute approximate surface area is 189 Å². The molecule has 0 aliphatic carbocycles. The summed E-state index contributed by atoms with van der Waals surface area (Å²) in [6, 6.07) is 7.35. The van der Waals surface area contributed by atoms with Crippen molar-refractivity contribution in [1.29, 1.82) is 0 Å². The van der Waals surface area contributed by atoms with Gasteiger partial charge < -0.3 is 30.9 Å². The molecule has 0 bridgehead atoms. The molecule has 3 unspecified atom stereocenters. The predicted molar refractivity (Wildman–Crippen MR) is 119 cm³/mol. The maximum atomic E-state index is 13.3. The van der Waals surface area contributed by atoms with Gasteiger partial charge in [-0.1, -0.05) is 12.1 Å². The van der Waals surface area contributed by atoms with Crippen LogP contribution >= 0.6 is 11.3 Å². The van der Waals surface area contributed by atoms with E-state index in [-0.39, 0.29) is 29.0 Å². The molecule has 2 aromatic rings. The van der Waals surface area contributed by atoms with Crippen molar-refractivity contribution in [2.75, 3.05) is 45.3 Å². The van der Waals surface area contributed by atoms with Gasteiger partial charge in [-0.05, 0) is 44.3 Å². The van der Waals surface area contributed by atoms with E-state index in [1.807, 2.05) is 6.07 Å². The number of anilines is 1. The molecule has 1 aliphatic rings. The number of aliphatic hydroxyl groups is 2. The number of ether oxygens (including phenoxy) is 1. The molecule has 1 aliphatic heterocycles. The molecule has 0 saturated carbocycles. The Kier molecular flexibility index (Phi) is 8.25. The smallest absolute Gasteiger partial charge is 0.394 e. The third kappa shape index (κ3) is 5.66. The quantitative estimate of drug-likeness (QED) is 0.269. The van der Waals surface area contributed by atoms with Crippen molar-refractivity contribution in [3.8, 4) is 12.0 Å². The van der Waals surface area contributed by atoms with E-state index in [4.69, 9.17) is 15.6 Å². The van der Waals surface area contributed by atoms with Crippen molar-refractivity contribution >= 4 is 27.1 Å². The Hall–Kier alpha value is -2.03. The lowest BCUT2D eigenvalue weighted by Crippen LogP contribution is -2.45. The minimum absolute atomic E-state index is 0.0211. The molecule has 0 spiro atoms. The summed E-state index contributed by atoms with van der Waals surface area (Å²) in [5, 5.41) is 22.7. The molecule has 10 heteroatoms. The second-order valence-electron chi connectivity index (χ2n) is 7.93. The lowest BCUT2D eigenvalue weighted by atomic mass is 9.89. The molecule has 0 radical (unpaired) electrons. The first-order valence-electron chi connectivity index (χ1n) is 10.4. The number of nitrogens with two attached hydrogens (primary N) is 1. The molecule has 1 aromatic carbocycles. The molecule has 0 amide bonds. The Balaban J connectivity index is 1.92. The van der Waals surface area contributed by atoms with Crippen LogP contribution < -0.4 is 11.1 Å². The molecule has 1 saturated heterocycles. The minimum atomic E-state index is -4.81. The standard InChI is InChI=1S/C22H28F3N3O3S/c1-28-9-6-16(14(13-28)7-11-31-12-10-29)27-17-4-2-3-15-19(21(30)22(23,24)25)18(5-8-26)32-20(15)17/h2-4,14,16,21,27,29-30H,6-7,9-13,26H2,1H3. The molecular weight excluding hydrogens is 443 g/mol. The maximum Gasteiger partial charge on any atom is 0.418 e. The number of hydrogen-bond acceptors (Lipinski definition) is 7. The van der Waals surface area contributed by atoms with Crippen LogP contribution in [0.25, 0.3) is 10.1 Å². The van der Waals surface area contributed by atoms with Crippen molar-refractivity contribution in [3.63, 3.8) is 0 Å². The van der Waals surface area contributed by atoms with Gasteiger partial charge in [0.1, 0.15) is 0 Å². The number of fused-ring (bicyclic) bond motifs is 1. The molecule has 1 aromatic heterocycles. The number of halogens is 3. The van der Waals surface area contributed by atoms with E-state index in [0.29, 0.717) is 29.0 Å². The summed E-state index contributed by atoms with van der Waals surface area (Å²) >= 11 is 1.10. The summed E-state index contributed by atoms with van der Waals surface area (Å²) < 4.78 is 46.0. The van der Waals surface area contributed by atoms with E-state index >= 15 is 0 Å². The van der Waals surface area contributed by atoms with E-state index in [1.165, 1.54) is 0 Å². The first kappa shape index (κ1) is 24.6. The maximum absolute atomic E-state index is 13.3. The SMILES string of the molecule is CN1CCC(Nc2cccc3c(C(O)C(F)(F)F)c(C#CN)sc23)C(CCOCCO)C1. The summed E-state index contributed by atoms with van der Waals surface area (Å²) in [4.78, 5) is 2.35. The predicted octanol–water partition coefficient (Wildman–Crippen LogP) is 2.90. The fourth-order valence-electron chi connectivity index (χ4n) is 4.14. The highest BCUT2D eigenvalue weighted by Gasteiger charge is 2.42. The molecular formula is C22H28F3N3O3S. The van der Waals surface area contributed by atoms with Gasteiger partial charge >= 0.3 is 6.18 Å². The Morgan fingerprint density at radius 1 is 1.38 bits per heavy atom. The number of benzene rings is 1. The van der Waals surface area contributed by atoms with Crippen LogP contribution in [0, 0.1) is 17.9 Å². The first-order chi connectivity index (χ1) is 15.3. The molecule has 3 rings (SSSR count). The van der Waals surface area contributed by atoms with E-state index in [0.717, 1.165) is 37.3 Å². The molecule has 1 fully saturated rings. The average Bonchev–Trinajstić information content (AvgIpc) is 3.11. The van der Waals surface area contributed by atoms with Crippen LogP contribution in [-0.4, -0.2) is 67.3 Å². The van der Waals surface area contributed by atoms with Crippen LogP contribution in [0.3, 0.4) is 0 Å². The largest absolute Gasteiger partial charge is 0.418 e. The fraction of sp³-hybridized carbons (Fsp3) is 0.545. The number of likely N-dealkylation sites (tertiary alicyclic amines) is 1. The van der Waals surface area contributed by atoms with Crippen LogP contribution in [0.4, 0.5) is 18.9 Å². The summed E-state index contributed by atoms with van der Waals surface area (Å²) in [6.45, 7) is 2.56. The number of rotatable bonds is 8. The van der Waals surface area contributed by atoms with Gasteiger partial charge in [0.15, 0.2) is 6.10 Å². The van der Waals surface area contributed by atoms with E-state index < -0.39 is 12.3 Å². The van der Waals surface area contributed by atoms with Crippen molar-refractivity contribution in [2.24, 2.45) is 11.7 Å². The van der Waals surface area contributed by atoms with Crippen molar-refractivity contribution < 1.29 is 28.1 Å². The van der Waals surface area contributed by atoms with Gasteiger partial charge in [0, 0.05) is 36.2 Å². The average molecular weight is 472 g/mol. The van der Waals surface area contributed by atoms with Gasteiger partial charge in [0.25, 0.3) is 0 Å². The third-order valence-corrected chi connectivity index (χ3v) is 6.84. The van der Waals surface area contributed by atoms with Crippen LogP contribution in [0.2, 0.25) is 0 Å². The van der Waals surface area contributed by atoms with Crippen LogP contribution in [0.15, 0.2) is 18.2 Å². The topological polar surface area (TPSA) is 91.0 Å². The minimum Gasteiger partial charge on any atom is -0.394 e. The van der Waals surface area contributed by atoms with E-state index in [9.17, 15) is 18.3 Å². The van der Waals surface area contributed by atoms with Gasteiger partial charge in [-0.25, -0.2) is 0 Å². The molecule has 5 N–H and O–H groups in total. The zero-order chi connectivity index (χ0) is 23.3. The highest BCUT2D eigenvalue weighted by Crippen LogP contribution is 2.44. The van der Waals surface area contributed by atoms with Crippen molar-refractivity contribution in [1.82, 2.24) is 4.90 Å². The van der Waals surface area contributed by atoms with Crippen LogP contribution in [0.1, 0.15) is 29.4 Å². The van der Waals surface area contributed by atoms with Crippen molar-refractivity contribution in [2.45, 2.75) is 31.2 Å². The van der Waals surface area contributed by atoms with Gasteiger partial charge in [-0.15, -0.1) is 11.3 Å². The third-order valence-electron chi connectivity index (χ3n) is 5.67. The lowest BCUT2D eigenvalue weighted by molar-refractivity contribution is -0.206. The Morgan fingerprint density at radius 2 is 2.16 bits per heavy atom. The van der Waals surface area contributed by atoms with E-state index in [1.54, 1.807) is 12.1 Å².